The molecule has 1 aliphatic carbocycles. The van der Waals surface area contributed by atoms with Crippen LogP contribution in [0.15, 0.2) is 47.1 Å². The molecule has 0 bridgehead atoms. The minimum Gasteiger partial charge on any atom is -0.372 e. The van der Waals surface area contributed by atoms with Crippen LogP contribution in [-0.2, 0) is 14.4 Å². The lowest BCUT2D eigenvalue weighted by atomic mass is 10.1. The van der Waals surface area contributed by atoms with Gasteiger partial charge in [0.15, 0.2) is 0 Å². The maximum atomic E-state index is 11.8. The largest absolute Gasteiger partial charge is 0.372 e. The lowest BCUT2D eigenvalue weighted by Gasteiger charge is -2.22. The first kappa shape index (κ1) is 20.1. The molecule has 0 saturated heterocycles. The predicted molar refractivity (Wildman–Crippen MR) is 107 cm³/mol. The summed E-state index contributed by atoms with van der Waals surface area (Å²) in [6, 6.07) is 5.64. The Hall–Kier alpha value is -3.22. The third-order valence-corrected chi connectivity index (χ3v) is 3.94. The number of ketones is 1. The van der Waals surface area contributed by atoms with Gasteiger partial charge in [0.2, 0.25) is 17.6 Å². The molecule has 0 aromatic heterocycles. The van der Waals surface area contributed by atoms with Crippen LogP contribution >= 0.6 is 0 Å². The number of rotatable bonds is 6. The van der Waals surface area contributed by atoms with Crippen molar-refractivity contribution in [1.82, 2.24) is 5.32 Å². The normalized spacial score (nSPS) is 14.7. The van der Waals surface area contributed by atoms with Crippen molar-refractivity contribution in [2.45, 2.75) is 27.7 Å². The Morgan fingerprint density at radius 2 is 1.70 bits per heavy atom. The Morgan fingerprint density at radius 3 is 2.30 bits per heavy atom. The van der Waals surface area contributed by atoms with Crippen LogP contribution in [0.2, 0.25) is 0 Å². The van der Waals surface area contributed by atoms with Crippen LogP contribution in [0, 0.1) is 0 Å². The number of hydrogen-bond donors (Lipinski definition) is 2. The fourth-order valence-electron chi connectivity index (χ4n) is 2.71. The van der Waals surface area contributed by atoms with Crippen LogP contribution in [0.1, 0.15) is 27.7 Å². The van der Waals surface area contributed by atoms with Crippen LogP contribution in [0.5, 0.6) is 0 Å². The molecule has 2 N–H and O–H groups in total. The van der Waals surface area contributed by atoms with Gasteiger partial charge < -0.3 is 15.5 Å². The molecule has 1 aromatic carbocycles. The fourth-order valence-corrected chi connectivity index (χ4v) is 2.71. The van der Waals surface area contributed by atoms with Gasteiger partial charge in [0.25, 0.3) is 0 Å². The van der Waals surface area contributed by atoms with E-state index in [4.69, 9.17) is 0 Å². The van der Waals surface area contributed by atoms with Crippen molar-refractivity contribution in [3.05, 3.63) is 42.1 Å². The summed E-state index contributed by atoms with van der Waals surface area (Å²) in [4.78, 5) is 41.4. The van der Waals surface area contributed by atoms with Gasteiger partial charge in [0.1, 0.15) is 0 Å². The third kappa shape index (κ3) is 5.37. The van der Waals surface area contributed by atoms with E-state index in [0.717, 1.165) is 18.8 Å². The molecule has 7 heteroatoms. The molecule has 1 aliphatic rings. The number of allylic oxidation sites excluding steroid dienone is 3. The number of carbonyl (C=O) groups excluding carboxylic acids is 3. The average Bonchev–Trinajstić information content (AvgIpc) is 2.60. The van der Waals surface area contributed by atoms with Crippen molar-refractivity contribution in [3.63, 3.8) is 0 Å². The highest BCUT2D eigenvalue weighted by Crippen LogP contribution is 2.31. The number of benzene rings is 1. The summed E-state index contributed by atoms with van der Waals surface area (Å²) in [5.74, 6) is -0.813. The van der Waals surface area contributed by atoms with Crippen molar-refractivity contribution in [2.75, 3.05) is 23.3 Å². The molecule has 0 radical (unpaired) electrons. The molecule has 27 heavy (non-hydrogen) atoms. The lowest BCUT2D eigenvalue weighted by Crippen LogP contribution is -2.26. The highest BCUT2D eigenvalue weighted by molar-refractivity contribution is 6.20. The lowest BCUT2D eigenvalue weighted by molar-refractivity contribution is -0.120. The van der Waals surface area contributed by atoms with Crippen molar-refractivity contribution in [3.8, 4) is 0 Å². The number of nitrogens with zero attached hydrogens (tertiary/aromatic N) is 2. The molecule has 0 fully saturated rings. The van der Waals surface area contributed by atoms with E-state index < -0.39 is 0 Å². The minimum absolute atomic E-state index is 0.171. The second-order valence-electron chi connectivity index (χ2n) is 6.03. The third-order valence-electron chi connectivity index (χ3n) is 3.94. The summed E-state index contributed by atoms with van der Waals surface area (Å²) in [5, 5.41) is 5.30. The molecule has 2 rings (SSSR count). The first-order valence-electron chi connectivity index (χ1n) is 8.81. The van der Waals surface area contributed by atoms with Crippen molar-refractivity contribution >= 4 is 40.4 Å². The molecule has 2 amide bonds. The van der Waals surface area contributed by atoms with E-state index in [1.807, 2.05) is 18.2 Å². The van der Waals surface area contributed by atoms with Crippen LogP contribution in [0.3, 0.4) is 0 Å². The van der Waals surface area contributed by atoms with Gasteiger partial charge in [-0.1, -0.05) is 0 Å². The van der Waals surface area contributed by atoms with E-state index >= 15 is 0 Å². The van der Waals surface area contributed by atoms with Crippen molar-refractivity contribution < 1.29 is 14.4 Å². The molecule has 0 aliphatic heterocycles. The molecule has 0 heterocycles. The highest BCUT2D eigenvalue weighted by atomic mass is 16.2. The van der Waals surface area contributed by atoms with Gasteiger partial charge in [-0.3, -0.25) is 14.4 Å². The van der Waals surface area contributed by atoms with Crippen LogP contribution < -0.4 is 15.5 Å². The molecular weight excluding hydrogens is 344 g/mol. The quantitative estimate of drug-likeness (QED) is 0.756. The molecule has 0 spiro atoms. The standard InChI is InChI=1S/C20H24N4O3/c1-5-24(6-2)16-8-9-17(18(12-16)21-13(3)25)23-15-7-10-20(27)19(11-15)22-14(4)26/h7-12H,5-6H2,1-4H3,(H,21,25)(H,22,26). The number of aliphatic imine (C=N–C) groups is 1. The highest BCUT2D eigenvalue weighted by Gasteiger charge is 2.14. The number of nitrogens with one attached hydrogen (secondary N) is 2. The van der Waals surface area contributed by atoms with E-state index in [9.17, 15) is 14.4 Å². The van der Waals surface area contributed by atoms with Gasteiger partial charge >= 0.3 is 0 Å². The molecule has 1 aromatic rings. The summed E-state index contributed by atoms with van der Waals surface area (Å²) >= 11 is 0. The minimum atomic E-state index is -0.327. The summed E-state index contributed by atoms with van der Waals surface area (Å²) in [5.41, 5.74) is 2.80. The summed E-state index contributed by atoms with van der Waals surface area (Å²) < 4.78 is 0. The number of anilines is 2. The second-order valence-corrected chi connectivity index (χ2v) is 6.03. The molecule has 0 atom stereocenters. The van der Waals surface area contributed by atoms with Crippen LogP contribution in [0.25, 0.3) is 0 Å². The topological polar surface area (TPSA) is 90.9 Å². The monoisotopic (exact) mass is 368 g/mol. The zero-order valence-corrected chi connectivity index (χ0v) is 16.0. The molecule has 7 nitrogen and oxygen atoms in total. The van der Waals surface area contributed by atoms with Gasteiger partial charge in [0.05, 0.1) is 22.8 Å². The van der Waals surface area contributed by atoms with Crippen LogP contribution in [0.4, 0.5) is 17.1 Å². The van der Waals surface area contributed by atoms with Crippen molar-refractivity contribution in [1.29, 1.82) is 0 Å². The number of hydrogen-bond acceptors (Lipinski definition) is 5. The Kier molecular flexibility index (Phi) is 6.65. The Balaban J connectivity index is 2.44. The second kappa shape index (κ2) is 8.93. The van der Waals surface area contributed by atoms with Gasteiger partial charge in [-0.2, -0.15) is 0 Å². The smallest absolute Gasteiger partial charge is 0.221 e. The Morgan fingerprint density at radius 1 is 1.04 bits per heavy atom. The Labute approximate surface area is 158 Å². The van der Waals surface area contributed by atoms with E-state index in [1.165, 1.54) is 26.0 Å². The number of amides is 2. The summed E-state index contributed by atoms with van der Waals surface area (Å²) in [6.45, 7) is 8.59. The maximum Gasteiger partial charge on any atom is 0.221 e. The fraction of sp³-hybridized carbons (Fsp3) is 0.300. The first-order valence-corrected chi connectivity index (χ1v) is 8.81. The van der Waals surface area contributed by atoms with E-state index in [-0.39, 0.29) is 23.3 Å². The van der Waals surface area contributed by atoms with Gasteiger partial charge in [0, 0.05) is 32.6 Å². The Bertz CT molecular complexity index is 849. The van der Waals surface area contributed by atoms with E-state index in [2.05, 4.69) is 34.4 Å². The SMILES string of the molecule is CCN(CC)c1ccc(N=C2C=CC(=O)C(NC(C)=O)=C2)c(NC(C)=O)c1. The zero-order valence-electron chi connectivity index (χ0n) is 16.0. The number of carbonyl (C=O) groups is 3. The van der Waals surface area contributed by atoms with Gasteiger partial charge in [-0.15, -0.1) is 0 Å². The molecule has 0 saturated carbocycles. The van der Waals surface area contributed by atoms with E-state index in [0.29, 0.717) is 17.1 Å². The summed E-state index contributed by atoms with van der Waals surface area (Å²) in [6.07, 6.45) is 4.44. The maximum absolute atomic E-state index is 11.8. The van der Waals surface area contributed by atoms with Gasteiger partial charge in [-0.25, -0.2) is 4.99 Å². The molecular formula is C20H24N4O3. The van der Waals surface area contributed by atoms with Crippen LogP contribution in [-0.4, -0.2) is 36.4 Å². The molecule has 142 valence electrons. The summed E-state index contributed by atoms with van der Waals surface area (Å²) in [7, 11) is 0. The van der Waals surface area contributed by atoms with Gasteiger partial charge in [-0.05, 0) is 50.3 Å². The predicted octanol–water partition coefficient (Wildman–Crippen LogP) is 2.72. The van der Waals surface area contributed by atoms with Crippen molar-refractivity contribution in [2.24, 2.45) is 4.99 Å². The average molecular weight is 368 g/mol. The first-order chi connectivity index (χ1) is 12.8. The zero-order chi connectivity index (χ0) is 20.0. The van der Waals surface area contributed by atoms with E-state index in [1.54, 1.807) is 6.08 Å². The molecule has 0 unspecified atom stereocenters.